The first-order valence-electron chi connectivity index (χ1n) is 5.57. The quantitative estimate of drug-likeness (QED) is 0.797. The fourth-order valence-corrected chi connectivity index (χ4v) is 1.90. The zero-order valence-electron chi connectivity index (χ0n) is 10.1. The Morgan fingerprint density at radius 2 is 1.65 bits per heavy atom. The third-order valence-corrected chi connectivity index (χ3v) is 3.29. The zero-order valence-corrected chi connectivity index (χ0v) is 12.2. The van der Waals surface area contributed by atoms with E-state index in [1.165, 1.54) is 12.1 Å². The van der Waals surface area contributed by atoms with Gasteiger partial charge in [0.15, 0.2) is 0 Å². The second-order valence-corrected chi connectivity index (χ2v) is 5.21. The van der Waals surface area contributed by atoms with Gasteiger partial charge in [-0.05, 0) is 65.1 Å². The van der Waals surface area contributed by atoms with Gasteiger partial charge in [-0.3, -0.25) is 4.79 Å². The number of anilines is 1. The number of hydrogen-bond donors (Lipinski definition) is 2. The van der Waals surface area contributed by atoms with Crippen molar-refractivity contribution in [3.8, 4) is 0 Å². The third-order valence-electron chi connectivity index (χ3n) is 2.57. The predicted molar refractivity (Wildman–Crippen MR) is 80.5 cm³/mol. The highest BCUT2D eigenvalue weighted by molar-refractivity contribution is 14.1. The van der Waals surface area contributed by atoms with Gasteiger partial charge in [-0.2, -0.15) is 0 Å². The number of halogens is 2. The largest absolute Gasteiger partial charge is 0.478 e. The van der Waals surface area contributed by atoms with Crippen LogP contribution in [0.25, 0.3) is 0 Å². The summed E-state index contributed by atoms with van der Waals surface area (Å²) in [4.78, 5) is 22.6. The van der Waals surface area contributed by atoms with Gasteiger partial charge in [0.1, 0.15) is 5.82 Å². The number of hydrogen-bond acceptors (Lipinski definition) is 2. The van der Waals surface area contributed by atoms with Crippen molar-refractivity contribution in [2.45, 2.75) is 0 Å². The summed E-state index contributed by atoms with van der Waals surface area (Å²) in [6.07, 6.45) is 0. The normalized spacial score (nSPS) is 10.1. The highest BCUT2D eigenvalue weighted by Gasteiger charge is 2.11. The lowest BCUT2D eigenvalue weighted by molar-refractivity contribution is 0.0696. The number of aromatic carboxylic acids is 1. The second-order valence-electron chi connectivity index (χ2n) is 3.96. The number of rotatable bonds is 3. The molecule has 1 amide bonds. The van der Waals surface area contributed by atoms with Crippen LogP contribution in [-0.4, -0.2) is 17.0 Å². The Bertz CT molecular complexity index is 671. The summed E-state index contributed by atoms with van der Waals surface area (Å²) < 4.78 is 14.7. The minimum absolute atomic E-state index is 0.0569. The number of carbonyl (C=O) groups is 2. The van der Waals surface area contributed by atoms with Gasteiger partial charge in [-0.1, -0.05) is 0 Å². The molecule has 2 rings (SSSR count). The molecular weight excluding hydrogens is 376 g/mol. The van der Waals surface area contributed by atoms with Crippen molar-refractivity contribution in [2.24, 2.45) is 0 Å². The Morgan fingerprint density at radius 3 is 2.20 bits per heavy atom. The second kappa shape index (κ2) is 6.00. The van der Waals surface area contributed by atoms with Gasteiger partial charge in [0.2, 0.25) is 0 Å². The van der Waals surface area contributed by atoms with E-state index in [9.17, 15) is 14.0 Å². The van der Waals surface area contributed by atoms with Crippen LogP contribution >= 0.6 is 22.6 Å². The first-order valence-corrected chi connectivity index (χ1v) is 6.65. The SMILES string of the molecule is O=C(O)c1ccc(NC(=O)c2ccc(I)cc2)c(F)c1. The van der Waals surface area contributed by atoms with E-state index in [0.717, 1.165) is 9.64 Å². The minimum atomic E-state index is -1.22. The maximum absolute atomic E-state index is 13.7. The number of carbonyl (C=O) groups excluding carboxylic acids is 1. The molecule has 0 heterocycles. The van der Waals surface area contributed by atoms with Crippen molar-refractivity contribution in [3.63, 3.8) is 0 Å². The van der Waals surface area contributed by atoms with Gasteiger partial charge in [0.05, 0.1) is 11.3 Å². The zero-order chi connectivity index (χ0) is 14.7. The van der Waals surface area contributed by atoms with Gasteiger partial charge in [-0.15, -0.1) is 0 Å². The Balaban J connectivity index is 2.19. The van der Waals surface area contributed by atoms with Gasteiger partial charge in [0, 0.05) is 9.13 Å². The molecule has 0 radical (unpaired) electrons. The van der Waals surface area contributed by atoms with Gasteiger partial charge < -0.3 is 10.4 Å². The van der Waals surface area contributed by atoms with E-state index in [-0.39, 0.29) is 11.3 Å². The van der Waals surface area contributed by atoms with Crippen LogP contribution in [0, 0.1) is 9.39 Å². The Hall–Kier alpha value is -1.96. The van der Waals surface area contributed by atoms with Gasteiger partial charge >= 0.3 is 5.97 Å². The van der Waals surface area contributed by atoms with Crippen LogP contribution in [0.2, 0.25) is 0 Å². The molecule has 0 aliphatic heterocycles. The molecule has 0 aliphatic rings. The smallest absolute Gasteiger partial charge is 0.335 e. The van der Waals surface area contributed by atoms with Crippen molar-refractivity contribution in [3.05, 3.63) is 63.0 Å². The van der Waals surface area contributed by atoms with Crippen LogP contribution in [-0.2, 0) is 0 Å². The van der Waals surface area contributed by atoms with Crippen molar-refractivity contribution in [2.75, 3.05) is 5.32 Å². The van der Waals surface area contributed by atoms with Crippen LogP contribution in [0.15, 0.2) is 42.5 Å². The maximum atomic E-state index is 13.7. The lowest BCUT2D eigenvalue weighted by Gasteiger charge is -2.07. The molecule has 0 aromatic heterocycles. The van der Waals surface area contributed by atoms with Crippen molar-refractivity contribution >= 4 is 40.2 Å². The third kappa shape index (κ3) is 3.32. The Kier molecular flexibility index (Phi) is 4.33. The standard InChI is InChI=1S/C14H9FINO3/c15-11-7-9(14(19)20)3-6-12(11)17-13(18)8-1-4-10(16)5-2-8/h1-7H,(H,17,18)(H,19,20). The summed E-state index contributed by atoms with van der Waals surface area (Å²) in [6.45, 7) is 0. The van der Waals surface area contributed by atoms with Crippen LogP contribution in [0.1, 0.15) is 20.7 Å². The fourth-order valence-electron chi connectivity index (χ4n) is 1.55. The number of carboxylic acids is 1. The number of nitrogens with one attached hydrogen (secondary N) is 1. The fraction of sp³-hybridized carbons (Fsp3) is 0. The highest BCUT2D eigenvalue weighted by atomic mass is 127. The molecule has 0 atom stereocenters. The topological polar surface area (TPSA) is 66.4 Å². The Morgan fingerprint density at radius 1 is 1.05 bits per heavy atom. The molecule has 2 aromatic carbocycles. The molecule has 20 heavy (non-hydrogen) atoms. The molecule has 0 spiro atoms. The molecule has 102 valence electrons. The molecule has 2 N–H and O–H groups in total. The maximum Gasteiger partial charge on any atom is 0.335 e. The van der Waals surface area contributed by atoms with E-state index >= 15 is 0 Å². The first kappa shape index (κ1) is 14.4. The molecule has 0 aliphatic carbocycles. The summed E-state index contributed by atoms with van der Waals surface area (Å²) in [6, 6.07) is 10.1. The Labute approximate surface area is 127 Å². The summed E-state index contributed by atoms with van der Waals surface area (Å²) in [7, 11) is 0. The number of carboxylic acid groups (broad SMARTS) is 1. The summed E-state index contributed by atoms with van der Waals surface area (Å²) in [5.41, 5.74) is 0.167. The van der Waals surface area contributed by atoms with Crippen molar-refractivity contribution < 1.29 is 19.1 Å². The van der Waals surface area contributed by atoms with Gasteiger partial charge in [0.25, 0.3) is 5.91 Å². The average Bonchev–Trinajstić information content (AvgIpc) is 2.41. The summed E-state index contributed by atoms with van der Waals surface area (Å²) >= 11 is 2.11. The van der Waals surface area contributed by atoms with E-state index in [1.54, 1.807) is 24.3 Å². The molecule has 0 saturated heterocycles. The lowest BCUT2D eigenvalue weighted by atomic mass is 10.1. The lowest BCUT2D eigenvalue weighted by Crippen LogP contribution is -2.13. The monoisotopic (exact) mass is 385 g/mol. The van der Waals surface area contributed by atoms with Crippen LogP contribution < -0.4 is 5.32 Å². The van der Waals surface area contributed by atoms with E-state index in [4.69, 9.17) is 5.11 Å². The molecule has 2 aromatic rings. The van der Waals surface area contributed by atoms with Crippen molar-refractivity contribution in [1.29, 1.82) is 0 Å². The van der Waals surface area contributed by atoms with Gasteiger partial charge in [-0.25, -0.2) is 9.18 Å². The molecular formula is C14H9FINO3. The number of amides is 1. The van der Waals surface area contributed by atoms with E-state index in [0.29, 0.717) is 5.56 Å². The van der Waals surface area contributed by atoms with Crippen molar-refractivity contribution in [1.82, 2.24) is 0 Å². The summed E-state index contributed by atoms with van der Waals surface area (Å²) in [5, 5.41) is 11.1. The molecule has 0 fully saturated rings. The van der Waals surface area contributed by atoms with Crippen LogP contribution in [0.4, 0.5) is 10.1 Å². The minimum Gasteiger partial charge on any atom is -0.478 e. The predicted octanol–water partition coefficient (Wildman–Crippen LogP) is 3.38. The van der Waals surface area contributed by atoms with Crippen LogP contribution in [0.5, 0.6) is 0 Å². The van der Waals surface area contributed by atoms with E-state index < -0.39 is 17.7 Å². The van der Waals surface area contributed by atoms with E-state index in [2.05, 4.69) is 27.9 Å². The van der Waals surface area contributed by atoms with Crippen LogP contribution in [0.3, 0.4) is 0 Å². The molecule has 0 saturated carbocycles. The average molecular weight is 385 g/mol. The molecule has 6 heteroatoms. The molecule has 0 bridgehead atoms. The highest BCUT2D eigenvalue weighted by Crippen LogP contribution is 2.17. The first-order chi connectivity index (χ1) is 9.47. The molecule has 4 nitrogen and oxygen atoms in total. The summed E-state index contributed by atoms with van der Waals surface area (Å²) in [5.74, 6) is -2.47. The number of benzene rings is 2. The molecule has 0 unspecified atom stereocenters. The van der Waals surface area contributed by atoms with E-state index in [1.807, 2.05) is 0 Å².